The Labute approximate surface area is 134 Å². The number of para-hydroxylation sites is 2. The largest absolute Gasteiger partial charge is 0.356 e. The molecule has 3 aromatic rings. The van der Waals surface area contributed by atoms with E-state index in [9.17, 15) is 9.59 Å². The number of aryl methyl sites for hydroxylation is 1. The van der Waals surface area contributed by atoms with E-state index in [4.69, 9.17) is 0 Å². The quantitative estimate of drug-likeness (QED) is 0.685. The molecule has 0 aliphatic carbocycles. The molecule has 0 bridgehead atoms. The van der Waals surface area contributed by atoms with Crippen molar-refractivity contribution in [1.29, 1.82) is 0 Å². The van der Waals surface area contributed by atoms with Crippen LogP contribution in [0.1, 0.15) is 12.0 Å². The summed E-state index contributed by atoms with van der Waals surface area (Å²) in [5, 5.41) is 2.90. The van der Waals surface area contributed by atoms with Gasteiger partial charge in [-0.3, -0.25) is 9.36 Å². The molecule has 0 spiro atoms. The van der Waals surface area contributed by atoms with Crippen molar-refractivity contribution in [2.45, 2.75) is 19.4 Å². The van der Waals surface area contributed by atoms with Crippen LogP contribution in [0.25, 0.3) is 11.0 Å². The number of carbonyl (C=O) groups excluding carboxylic acids is 1. The fraction of sp³-hybridized carbons (Fsp3) is 0.222. The number of aromatic amines is 1. The number of imidazole rings is 1. The average Bonchev–Trinajstić information content (AvgIpc) is 2.88. The van der Waals surface area contributed by atoms with Crippen LogP contribution in [0.5, 0.6) is 0 Å². The SMILES string of the molecule is O=C(Cc1ccccc1)NCCCn1c(=O)[nH]c2ccccc21. The number of benzene rings is 2. The molecule has 0 aliphatic rings. The van der Waals surface area contributed by atoms with Crippen molar-refractivity contribution in [3.8, 4) is 0 Å². The lowest BCUT2D eigenvalue weighted by Crippen LogP contribution is -2.27. The number of carbonyl (C=O) groups is 1. The Morgan fingerprint density at radius 3 is 2.61 bits per heavy atom. The van der Waals surface area contributed by atoms with Gasteiger partial charge in [-0.1, -0.05) is 42.5 Å². The number of hydrogen-bond acceptors (Lipinski definition) is 2. The Morgan fingerprint density at radius 2 is 1.78 bits per heavy atom. The summed E-state index contributed by atoms with van der Waals surface area (Å²) in [6.07, 6.45) is 1.09. The molecule has 5 heteroatoms. The van der Waals surface area contributed by atoms with Crippen LogP contribution in [0, 0.1) is 0 Å². The monoisotopic (exact) mass is 309 g/mol. The lowest BCUT2D eigenvalue weighted by Gasteiger charge is -2.06. The Morgan fingerprint density at radius 1 is 1.04 bits per heavy atom. The molecule has 23 heavy (non-hydrogen) atoms. The first kappa shape index (κ1) is 15.1. The third kappa shape index (κ3) is 3.69. The van der Waals surface area contributed by atoms with Gasteiger partial charge in [-0.2, -0.15) is 0 Å². The van der Waals surface area contributed by atoms with E-state index >= 15 is 0 Å². The van der Waals surface area contributed by atoms with E-state index in [1.54, 1.807) is 4.57 Å². The zero-order valence-electron chi connectivity index (χ0n) is 12.8. The summed E-state index contributed by atoms with van der Waals surface area (Å²) < 4.78 is 1.71. The number of nitrogens with zero attached hydrogens (tertiary/aromatic N) is 1. The zero-order valence-corrected chi connectivity index (χ0v) is 12.8. The van der Waals surface area contributed by atoms with Gasteiger partial charge in [0.15, 0.2) is 0 Å². The highest BCUT2D eigenvalue weighted by atomic mass is 16.2. The van der Waals surface area contributed by atoms with Gasteiger partial charge in [-0.15, -0.1) is 0 Å². The van der Waals surface area contributed by atoms with E-state index in [1.807, 2.05) is 54.6 Å². The van der Waals surface area contributed by atoms with Crippen LogP contribution in [0.4, 0.5) is 0 Å². The van der Waals surface area contributed by atoms with Gasteiger partial charge in [-0.05, 0) is 24.1 Å². The number of rotatable bonds is 6. The number of fused-ring (bicyclic) bond motifs is 1. The Bertz CT molecular complexity index is 849. The highest BCUT2D eigenvalue weighted by molar-refractivity contribution is 5.78. The van der Waals surface area contributed by atoms with Gasteiger partial charge in [0.2, 0.25) is 5.91 Å². The van der Waals surface area contributed by atoms with Crippen molar-refractivity contribution in [2.24, 2.45) is 0 Å². The van der Waals surface area contributed by atoms with Gasteiger partial charge >= 0.3 is 5.69 Å². The first-order chi connectivity index (χ1) is 11.2. The van der Waals surface area contributed by atoms with Crippen LogP contribution in [-0.2, 0) is 17.8 Å². The fourth-order valence-electron chi connectivity index (χ4n) is 2.64. The van der Waals surface area contributed by atoms with Gasteiger partial charge in [0.05, 0.1) is 17.5 Å². The number of amides is 1. The standard InChI is InChI=1S/C18H19N3O2/c22-17(13-14-7-2-1-3-8-14)19-11-6-12-21-16-10-5-4-9-15(16)20-18(21)23/h1-5,7-10H,6,11-13H2,(H,19,22)(H,20,23). The van der Waals surface area contributed by atoms with E-state index < -0.39 is 0 Å². The highest BCUT2D eigenvalue weighted by Gasteiger charge is 2.06. The van der Waals surface area contributed by atoms with Crippen LogP contribution < -0.4 is 11.0 Å². The second kappa shape index (κ2) is 6.96. The molecular formula is C18H19N3O2. The summed E-state index contributed by atoms with van der Waals surface area (Å²) in [5.41, 5.74) is 2.62. The summed E-state index contributed by atoms with van der Waals surface area (Å²) in [5.74, 6) is 0.00229. The normalized spacial score (nSPS) is 10.8. The zero-order chi connectivity index (χ0) is 16.1. The van der Waals surface area contributed by atoms with Crippen molar-refractivity contribution in [3.05, 3.63) is 70.6 Å². The van der Waals surface area contributed by atoms with Crippen LogP contribution >= 0.6 is 0 Å². The van der Waals surface area contributed by atoms with E-state index in [0.717, 1.165) is 16.6 Å². The third-order valence-corrected chi connectivity index (χ3v) is 3.77. The topological polar surface area (TPSA) is 66.9 Å². The summed E-state index contributed by atoms with van der Waals surface area (Å²) in [6.45, 7) is 1.13. The van der Waals surface area contributed by atoms with E-state index in [0.29, 0.717) is 25.9 Å². The predicted molar refractivity (Wildman–Crippen MR) is 90.3 cm³/mol. The summed E-state index contributed by atoms with van der Waals surface area (Å²) >= 11 is 0. The maximum absolute atomic E-state index is 11.9. The van der Waals surface area contributed by atoms with Crippen molar-refractivity contribution in [3.63, 3.8) is 0 Å². The highest BCUT2D eigenvalue weighted by Crippen LogP contribution is 2.09. The number of nitrogens with one attached hydrogen (secondary N) is 2. The fourth-order valence-corrected chi connectivity index (χ4v) is 2.64. The molecule has 1 amide bonds. The number of H-pyrrole nitrogens is 1. The smallest absolute Gasteiger partial charge is 0.326 e. The average molecular weight is 309 g/mol. The summed E-state index contributed by atoms with van der Waals surface area (Å²) in [7, 11) is 0. The van der Waals surface area contributed by atoms with Crippen LogP contribution in [0.3, 0.4) is 0 Å². The molecular weight excluding hydrogens is 290 g/mol. The van der Waals surface area contributed by atoms with Gasteiger partial charge in [0, 0.05) is 13.1 Å². The summed E-state index contributed by atoms with van der Waals surface area (Å²) in [4.78, 5) is 26.6. The molecule has 118 valence electrons. The van der Waals surface area contributed by atoms with Gasteiger partial charge < -0.3 is 10.3 Å². The van der Waals surface area contributed by atoms with E-state index in [2.05, 4.69) is 10.3 Å². The van der Waals surface area contributed by atoms with Gasteiger partial charge in [-0.25, -0.2) is 4.79 Å². The van der Waals surface area contributed by atoms with Gasteiger partial charge in [0.1, 0.15) is 0 Å². The first-order valence-corrected chi connectivity index (χ1v) is 7.72. The summed E-state index contributed by atoms with van der Waals surface area (Å²) in [6, 6.07) is 17.3. The second-order valence-electron chi connectivity index (χ2n) is 5.46. The molecule has 2 N–H and O–H groups in total. The Kier molecular flexibility index (Phi) is 4.57. The van der Waals surface area contributed by atoms with Crippen molar-refractivity contribution >= 4 is 16.9 Å². The van der Waals surface area contributed by atoms with Crippen LogP contribution in [0.15, 0.2) is 59.4 Å². The predicted octanol–water partition coefficient (Wildman–Crippen LogP) is 2.08. The third-order valence-electron chi connectivity index (χ3n) is 3.77. The number of hydrogen-bond donors (Lipinski definition) is 2. The van der Waals surface area contributed by atoms with E-state index in [1.165, 1.54) is 0 Å². The molecule has 0 atom stereocenters. The lowest BCUT2D eigenvalue weighted by molar-refractivity contribution is -0.120. The molecule has 0 fully saturated rings. The molecule has 1 aromatic heterocycles. The minimum atomic E-state index is -0.109. The molecule has 3 rings (SSSR count). The molecule has 5 nitrogen and oxygen atoms in total. The Balaban J connectivity index is 1.50. The van der Waals surface area contributed by atoms with Gasteiger partial charge in [0.25, 0.3) is 0 Å². The van der Waals surface area contributed by atoms with Crippen molar-refractivity contribution in [1.82, 2.24) is 14.9 Å². The van der Waals surface area contributed by atoms with E-state index in [-0.39, 0.29) is 11.6 Å². The van der Waals surface area contributed by atoms with Crippen LogP contribution in [-0.4, -0.2) is 22.0 Å². The second-order valence-corrected chi connectivity index (χ2v) is 5.46. The van der Waals surface area contributed by atoms with Crippen molar-refractivity contribution in [2.75, 3.05) is 6.54 Å². The molecule has 0 aliphatic heterocycles. The molecule has 0 unspecified atom stereocenters. The molecule has 1 heterocycles. The minimum absolute atomic E-state index is 0.00229. The lowest BCUT2D eigenvalue weighted by atomic mass is 10.1. The molecule has 0 saturated carbocycles. The maximum atomic E-state index is 11.9. The molecule has 2 aromatic carbocycles. The Hall–Kier alpha value is -2.82. The number of aromatic nitrogens is 2. The maximum Gasteiger partial charge on any atom is 0.326 e. The minimum Gasteiger partial charge on any atom is -0.356 e. The van der Waals surface area contributed by atoms with Crippen molar-refractivity contribution < 1.29 is 4.79 Å². The van der Waals surface area contributed by atoms with Crippen LogP contribution in [0.2, 0.25) is 0 Å². The first-order valence-electron chi connectivity index (χ1n) is 7.72. The molecule has 0 radical (unpaired) electrons. The molecule has 0 saturated heterocycles.